The Morgan fingerprint density at radius 3 is 2.46 bits per heavy atom. The molecule has 1 N–H and O–H groups in total. The lowest BCUT2D eigenvalue weighted by Crippen LogP contribution is -2.40. The van der Waals surface area contributed by atoms with E-state index in [1.165, 1.54) is 30.5 Å². The predicted octanol–water partition coefficient (Wildman–Crippen LogP) is 5.03. The molecular formula is C27H22ClFN4O4. The molecule has 8 nitrogen and oxygen atoms in total. The van der Waals surface area contributed by atoms with E-state index in [2.05, 4.69) is 10.4 Å². The first-order chi connectivity index (χ1) is 18.0. The first kappa shape index (κ1) is 24.5. The van der Waals surface area contributed by atoms with Gasteiger partial charge >= 0.3 is 0 Å². The number of amides is 1. The molecule has 188 valence electrons. The fourth-order valence-electron chi connectivity index (χ4n) is 3.84. The van der Waals surface area contributed by atoms with Gasteiger partial charge in [-0.25, -0.2) is 4.39 Å². The molecule has 0 saturated carbocycles. The summed E-state index contributed by atoms with van der Waals surface area (Å²) in [5.74, 6) is 0.0759. The average Bonchev–Trinajstić information content (AvgIpc) is 2.92. The SMILES string of the molecule is O=C(c1ccc(Nc2c(Oc3cccc(Cl)c3)cnn(-c3ccc(F)cc3)c2=O)cc1)N1CCOCC1. The number of carbonyl (C=O) groups excluding carboxylic acids is 1. The Morgan fingerprint density at radius 2 is 1.76 bits per heavy atom. The lowest BCUT2D eigenvalue weighted by Gasteiger charge is -2.26. The average molecular weight is 521 g/mol. The zero-order chi connectivity index (χ0) is 25.8. The highest BCUT2D eigenvalue weighted by atomic mass is 35.5. The van der Waals surface area contributed by atoms with Gasteiger partial charge in [-0.2, -0.15) is 9.78 Å². The van der Waals surface area contributed by atoms with Crippen LogP contribution in [0.15, 0.2) is 83.8 Å². The summed E-state index contributed by atoms with van der Waals surface area (Å²) >= 11 is 6.08. The molecule has 0 unspecified atom stereocenters. The largest absolute Gasteiger partial charge is 0.453 e. The van der Waals surface area contributed by atoms with E-state index in [1.807, 2.05) is 0 Å². The zero-order valence-electron chi connectivity index (χ0n) is 19.6. The molecule has 0 atom stereocenters. The third-order valence-electron chi connectivity index (χ3n) is 5.74. The normalized spacial score (nSPS) is 13.3. The smallest absolute Gasteiger partial charge is 0.299 e. The van der Waals surface area contributed by atoms with Gasteiger partial charge in [0.1, 0.15) is 11.6 Å². The summed E-state index contributed by atoms with van der Waals surface area (Å²) in [7, 11) is 0. The van der Waals surface area contributed by atoms with E-state index in [4.69, 9.17) is 21.1 Å². The van der Waals surface area contributed by atoms with Gasteiger partial charge < -0.3 is 19.7 Å². The summed E-state index contributed by atoms with van der Waals surface area (Å²) in [5.41, 5.74) is 1.06. The van der Waals surface area contributed by atoms with Crippen molar-refractivity contribution in [1.82, 2.24) is 14.7 Å². The van der Waals surface area contributed by atoms with Crippen LogP contribution >= 0.6 is 11.6 Å². The van der Waals surface area contributed by atoms with Gasteiger partial charge in [-0.05, 0) is 66.7 Å². The standard InChI is InChI=1S/C27H22ClFN4O4/c28-19-2-1-3-23(16-19)37-24-17-30-33(22-10-6-20(29)7-11-22)27(35)25(24)31-21-8-4-18(5-9-21)26(34)32-12-14-36-15-13-32/h1-11,16-17,31H,12-15H2. The molecule has 4 aromatic rings. The Bertz CT molecular complexity index is 1470. The van der Waals surface area contributed by atoms with Crippen molar-refractivity contribution >= 4 is 28.9 Å². The van der Waals surface area contributed by atoms with Gasteiger partial charge in [0.15, 0.2) is 11.4 Å². The molecule has 3 aromatic carbocycles. The number of aromatic nitrogens is 2. The molecule has 0 spiro atoms. The molecule has 0 radical (unpaired) electrons. The van der Waals surface area contributed by atoms with E-state index < -0.39 is 11.4 Å². The molecule has 37 heavy (non-hydrogen) atoms. The molecule has 1 amide bonds. The second-order valence-corrected chi connectivity index (χ2v) is 8.68. The summed E-state index contributed by atoms with van der Waals surface area (Å²) in [4.78, 5) is 28.0. The molecule has 2 heterocycles. The summed E-state index contributed by atoms with van der Waals surface area (Å²) in [6.07, 6.45) is 1.39. The Labute approximate surface area is 216 Å². The number of nitrogens with zero attached hydrogens (tertiary/aromatic N) is 3. The molecular weight excluding hydrogens is 499 g/mol. The zero-order valence-corrected chi connectivity index (χ0v) is 20.3. The van der Waals surface area contributed by atoms with Crippen LogP contribution in [0, 0.1) is 5.82 Å². The third-order valence-corrected chi connectivity index (χ3v) is 5.97. The van der Waals surface area contributed by atoms with Gasteiger partial charge in [0.25, 0.3) is 11.5 Å². The number of hydrogen-bond donors (Lipinski definition) is 1. The topological polar surface area (TPSA) is 85.7 Å². The van der Waals surface area contributed by atoms with Crippen LogP contribution < -0.4 is 15.6 Å². The maximum atomic E-state index is 13.5. The molecule has 1 aliphatic rings. The summed E-state index contributed by atoms with van der Waals surface area (Å²) in [6.45, 7) is 2.12. The van der Waals surface area contributed by atoms with Crippen molar-refractivity contribution in [2.24, 2.45) is 0 Å². The Balaban J connectivity index is 1.47. The number of benzene rings is 3. The van der Waals surface area contributed by atoms with Gasteiger partial charge in [0.05, 0.1) is 25.1 Å². The maximum absolute atomic E-state index is 13.5. The third kappa shape index (κ3) is 5.63. The van der Waals surface area contributed by atoms with Crippen molar-refractivity contribution in [3.05, 3.63) is 106 Å². The van der Waals surface area contributed by atoms with E-state index >= 15 is 0 Å². The molecule has 1 saturated heterocycles. The molecule has 1 aromatic heterocycles. The van der Waals surface area contributed by atoms with Crippen LogP contribution in [0.4, 0.5) is 15.8 Å². The minimum atomic E-state index is -0.514. The quantitative estimate of drug-likeness (QED) is 0.384. The lowest BCUT2D eigenvalue weighted by atomic mass is 10.1. The van der Waals surface area contributed by atoms with Crippen molar-refractivity contribution in [2.45, 2.75) is 0 Å². The molecule has 0 bridgehead atoms. The number of morpholine rings is 1. The van der Waals surface area contributed by atoms with Gasteiger partial charge in [-0.15, -0.1) is 0 Å². The van der Waals surface area contributed by atoms with E-state index in [0.29, 0.717) is 54.0 Å². The number of anilines is 2. The highest BCUT2D eigenvalue weighted by Gasteiger charge is 2.19. The van der Waals surface area contributed by atoms with Crippen LogP contribution in [-0.4, -0.2) is 46.9 Å². The van der Waals surface area contributed by atoms with Gasteiger partial charge in [-0.3, -0.25) is 9.59 Å². The number of carbonyl (C=O) groups is 1. The van der Waals surface area contributed by atoms with E-state index in [1.54, 1.807) is 53.4 Å². The minimum Gasteiger partial charge on any atom is -0.453 e. The Hall–Kier alpha value is -4.21. The highest BCUT2D eigenvalue weighted by molar-refractivity contribution is 6.30. The first-order valence-corrected chi connectivity index (χ1v) is 11.9. The van der Waals surface area contributed by atoms with Crippen molar-refractivity contribution in [3.63, 3.8) is 0 Å². The van der Waals surface area contributed by atoms with Crippen molar-refractivity contribution in [1.29, 1.82) is 0 Å². The first-order valence-electron chi connectivity index (χ1n) is 11.5. The van der Waals surface area contributed by atoms with Crippen molar-refractivity contribution < 1.29 is 18.7 Å². The number of rotatable bonds is 6. The second-order valence-electron chi connectivity index (χ2n) is 8.24. The van der Waals surface area contributed by atoms with E-state index in [0.717, 1.165) is 4.68 Å². The number of hydrogen-bond acceptors (Lipinski definition) is 6. The maximum Gasteiger partial charge on any atom is 0.299 e. The lowest BCUT2D eigenvalue weighted by molar-refractivity contribution is 0.0303. The van der Waals surface area contributed by atoms with Crippen LogP contribution in [0.5, 0.6) is 11.5 Å². The van der Waals surface area contributed by atoms with Crippen LogP contribution in [0.2, 0.25) is 5.02 Å². The van der Waals surface area contributed by atoms with Crippen molar-refractivity contribution in [2.75, 3.05) is 31.6 Å². The summed E-state index contributed by atoms with van der Waals surface area (Å²) in [6, 6.07) is 18.9. The fraction of sp³-hybridized carbons (Fsp3) is 0.148. The number of ether oxygens (including phenoxy) is 2. The Kier molecular flexibility index (Phi) is 7.16. The minimum absolute atomic E-state index is 0.0811. The molecule has 0 aliphatic carbocycles. The van der Waals surface area contributed by atoms with E-state index in [9.17, 15) is 14.0 Å². The molecule has 10 heteroatoms. The van der Waals surface area contributed by atoms with Crippen LogP contribution in [0.3, 0.4) is 0 Å². The van der Waals surface area contributed by atoms with E-state index in [-0.39, 0.29) is 17.3 Å². The monoisotopic (exact) mass is 520 g/mol. The predicted molar refractivity (Wildman–Crippen MR) is 138 cm³/mol. The van der Waals surface area contributed by atoms with Gasteiger partial charge in [0.2, 0.25) is 0 Å². The molecule has 1 aliphatic heterocycles. The number of halogens is 2. The van der Waals surface area contributed by atoms with Crippen LogP contribution in [-0.2, 0) is 4.74 Å². The highest BCUT2D eigenvalue weighted by Crippen LogP contribution is 2.30. The fourth-order valence-corrected chi connectivity index (χ4v) is 4.02. The van der Waals surface area contributed by atoms with Crippen LogP contribution in [0.1, 0.15) is 10.4 Å². The van der Waals surface area contributed by atoms with Crippen molar-refractivity contribution in [3.8, 4) is 17.2 Å². The van der Waals surface area contributed by atoms with Crippen LogP contribution in [0.25, 0.3) is 5.69 Å². The Morgan fingerprint density at radius 1 is 1.03 bits per heavy atom. The van der Waals surface area contributed by atoms with Gasteiger partial charge in [-0.1, -0.05) is 17.7 Å². The molecule has 1 fully saturated rings. The molecule has 5 rings (SSSR count). The van der Waals surface area contributed by atoms with Gasteiger partial charge in [0, 0.05) is 29.4 Å². The summed E-state index contributed by atoms with van der Waals surface area (Å²) in [5, 5.41) is 7.78. The second kappa shape index (κ2) is 10.8. The summed E-state index contributed by atoms with van der Waals surface area (Å²) < 4.78 is 25.8. The number of nitrogens with one attached hydrogen (secondary N) is 1.